The predicted molar refractivity (Wildman–Crippen MR) is 72.9 cm³/mol. The van der Waals surface area contributed by atoms with Gasteiger partial charge in [0.15, 0.2) is 0 Å². The fourth-order valence-corrected chi connectivity index (χ4v) is 2.50. The lowest BCUT2D eigenvalue weighted by Crippen LogP contribution is -1.98. The van der Waals surface area contributed by atoms with Crippen molar-refractivity contribution in [1.82, 2.24) is 0 Å². The van der Waals surface area contributed by atoms with Crippen molar-refractivity contribution in [3.05, 3.63) is 27.1 Å². The molecule has 16 heavy (non-hydrogen) atoms. The van der Waals surface area contributed by atoms with Crippen LogP contribution in [0.25, 0.3) is 0 Å². The van der Waals surface area contributed by atoms with E-state index in [1.54, 1.807) is 0 Å². The summed E-state index contributed by atoms with van der Waals surface area (Å²) in [5.41, 5.74) is 0. The van der Waals surface area contributed by atoms with E-state index in [1.165, 1.54) is 0 Å². The summed E-state index contributed by atoms with van der Waals surface area (Å²) in [4.78, 5) is 0. The zero-order chi connectivity index (χ0) is 11.8. The number of aliphatic hydroxyl groups excluding tert-OH is 1. The van der Waals surface area contributed by atoms with E-state index >= 15 is 0 Å². The summed E-state index contributed by atoms with van der Waals surface area (Å²) in [5, 5.41) is 8.62. The molecule has 0 saturated carbocycles. The van der Waals surface area contributed by atoms with Crippen LogP contribution in [0.2, 0.25) is 0 Å². The molecular formula is C12H16Br2O2. The third kappa shape index (κ3) is 5.32. The Morgan fingerprint density at radius 1 is 1.06 bits per heavy atom. The Hall–Kier alpha value is -0.0600. The van der Waals surface area contributed by atoms with Crippen molar-refractivity contribution < 1.29 is 9.84 Å². The number of hydrogen-bond acceptors (Lipinski definition) is 2. The molecule has 0 atom stereocenters. The number of aliphatic hydroxyl groups is 1. The van der Waals surface area contributed by atoms with Crippen LogP contribution in [0.15, 0.2) is 27.1 Å². The molecule has 0 bridgehead atoms. The van der Waals surface area contributed by atoms with Crippen LogP contribution in [0.1, 0.15) is 25.7 Å². The summed E-state index contributed by atoms with van der Waals surface area (Å²) in [7, 11) is 0. The Labute approximate surface area is 113 Å². The highest BCUT2D eigenvalue weighted by molar-refractivity contribution is 9.11. The van der Waals surface area contributed by atoms with Gasteiger partial charge >= 0.3 is 0 Å². The van der Waals surface area contributed by atoms with Crippen LogP contribution in [0.3, 0.4) is 0 Å². The number of unbranched alkanes of at least 4 members (excludes halogenated alkanes) is 3. The molecule has 0 aliphatic carbocycles. The SMILES string of the molecule is OCCCCCCOc1ccc(Br)cc1Br. The summed E-state index contributed by atoms with van der Waals surface area (Å²) in [5.74, 6) is 0.880. The smallest absolute Gasteiger partial charge is 0.133 e. The highest BCUT2D eigenvalue weighted by Gasteiger charge is 2.01. The molecular weight excluding hydrogens is 336 g/mol. The lowest BCUT2D eigenvalue weighted by atomic mass is 10.2. The largest absolute Gasteiger partial charge is 0.492 e. The first kappa shape index (κ1) is 14.0. The third-order valence-corrected chi connectivity index (χ3v) is 3.32. The standard InChI is InChI=1S/C12H16Br2O2/c13-10-5-6-12(11(14)9-10)16-8-4-2-1-3-7-15/h5-6,9,15H,1-4,7-8H2. The summed E-state index contributed by atoms with van der Waals surface area (Å²) in [6, 6.07) is 5.88. The zero-order valence-corrected chi connectivity index (χ0v) is 12.3. The molecule has 0 aromatic heterocycles. The van der Waals surface area contributed by atoms with Crippen molar-refractivity contribution in [2.45, 2.75) is 25.7 Å². The van der Waals surface area contributed by atoms with Gasteiger partial charge in [0.25, 0.3) is 0 Å². The Morgan fingerprint density at radius 2 is 1.81 bits per heavy atom. The minimum Gasteiger partial charge on any atom is -0.492 e. The van der Waals surface area contributed by atoms with E-state index in [0.717, 1.165) is 47.0 Å². The van der Waals surface area contributed by atoms with Crippen molar-refractivity contribution in [3.8, 4) is 5.75 Å². The molecule has 0 unspecified atom stereocenters. The number of ether oxygens (including phenoxy) is 1. The molecule has 2 nitrogen and oxygen atoms in total. The first-order valence-electron chi connectivity index (χ1n) is 5.43. The molecule has 0 spiro atoms. The average molecular weight is 352 g/mol. The van der Waals surface area contributed by atoms with E-state index in [0.29, 0.717) is 6.61 Å². The average Bonchev–Trinajstić information content (AvgIpc) is 2.26. The molecule has 1 rings (SSSR count). The minimum atomic E-state index is 0.291. The van der Waals surface area contributed by atoms with E-state index in [4.69, 9.17) is 9.84 Å². The Balaban J connectivity index is 2.21. The molecule has 0 aliphatic heterocycles. The van der Waals surface area contributed by atoms with Crippen LogP contribution in [0, 0.1) is 0 Å². The maximum Gasteiger partial charge on any atom is 0.133 e. The molecule has 1 aromatic carbocycles. The molecule has 0 radical (unpaired) electrons. The van der Waals surface area contributed by atoms with Gasteiger partial charge in [0.1, 0.15) is 5.75 Å². The first-order valence-corrected chi connectivity index (χ1v) is 7.01. The van der Waals surface area contributed by atoms with E-state index in [-0.39, 0.29) is 0 Å². The molecule has 1 N–H and O–H groups in total. The van der Waals surface area contributed by atoms with Gasteiger partial charge in [-0.3, -0.25) is 0 Å². The highest BCUT2D eigenvalue weighted by Crippen LogP contribution is 2.28. The lowest BCUT2D eigenvalue weighted by Gasteiger charge is -2.08. The number of benzene rings is 1. The van der Waals surface area contributed by atoms with Gasteiger partial charge in [-0.2, -0.15) is 0 Å². The number of rotatable bonds is 7. The van der Waals surface area contributed by atoms with Gasteiger partial charge in [-0.15, -0.1) is 0 Å². The van der Waals surface area contributed by atoms with Crippen molar-refractivity contribution in [3.63, 3.8) is 0 Å². The third-order valence-electron chi connectivity index (χ3n) is 2.20. The van der Waals surface area contributed by atoms with Gasteiger partial charge in [0.2, 0.25) is 0 Å². The Bertz CT molecular complexity index is 316. The molecule has 0 fully saturated rings. The fourth-order valence-electron chi connectivity index (χ4n) is 1.34. The molecule has 0 amide bonds. The number of hydrogen-bond donors (Lipinski definition) is 1. The van der Waals surface area contributed by atoms with E-state index in [2.05, 4.69) is 31.9 Å². The van der Waals surface area contributed by atoms with Crippen LogP contribution in [-0.4, -0.2) is 18.3 Å². The van der Waals surface area contributed by atoms with Gasteiger partial charge < -0.3 is 9.84 Å². The van der Waals surface area contributed by atoms with Gasteiger partial charge in [-0.1, -0.05) is 22.4 Å². The summed E-state index contributed by atoms with van der Waals surface area (Å²) in [6.45, 7) is 1.02. The van der Waals surface area contributed by atoms with E-state index < -0.39 is 0 Å². The van der Waals surface area contributed by atoms with Gasteiger partial charge in [0, 0.05) is 11.1 Å². The van der Waals surface area contributed by atoms with Crippen molar-refractivity contribution in [2.75, 3.05) is 13.2 Å². The van der Waals surface area contributed by atoms with E-state index in [1.807, 2.05) is 18.2 Å². The van der Waals surface area contributed by atoms with Crippen molar-refractivity contribution >= 4 is 31.9 Å². The molecule has 0 aliphatic rings. The number of halogens is 2. The van der Waals surface area contributed by atoms with Crippen LogP contribution >= 0.6 is 31.9 Å². The van der Waals surface area contributed by atoms with Crippen molar-refractivity contribution in [2.24, 2.45) is 0 Å². The maximum absolute atomic E-state index is 8.62. The second kappa shape index (κ2) is 8.09. The van der Waals surface area contributed by atoms with Crippen LogP contribution < -0.4 is 4.74 Å². The summed E-state index contributed by atoms with van der Waals surface area (Å²) < 4.78 is 7.65. The summed E-state index contributed by atoms with van der Waals surface area (Å²) in [6.07, 6.45) is 4.10. The quantitative estimate of drug-likeness (QED) is 0.748. The minimum absolute atomic E-state index is 0.291. The van der Waals surface area contributed by atoms with Gasteiger partial charge in [0.05, 0.1) is 11.1 Å². The highest BCUT2D eigenvalue weighted by atomic mass is 79.9. The Kier molecular flexibility index (Phi) is 7.08. The normalized spacial score (nSPS) is 10.4. The molecule has 4 heteroatoms. The molecule has 90 valence electrons. The topological polar surface area (TPSA) is 29.5 Å². The van der Waals surface area contributed by atoms with Crippen molar-refractivity contribution in [1.29, 1.82) is 0 Å². The van der Waals surface area contributed by atoms with Gasteiger partial charge in [-0.05, 0) is 53.4 Å². The van der Waals surface area contributed by atoms with Gasteiger partial charge in [-0.25, -0.2) is 0 Å². The lowest BCUT2D eigenvalue weighted by molar-refractivity contribution is 0.273. The van der Waals surface area contributed by atoms with E-state index in [9.17, 15) is 0 Å². The maximum atomic E-state index is 8.62. The monoisotopic (exact) mass is 350 g/mol. The van der Waals surface area contributed by atoms with Crippen LogP contribution in [0.4, 0.5) is 0 Å². The second-order valence-electron chi connectivity index (χ2n) is 3.56. The molecule has 1 aromatic rings. The second-order valence-corrected chi connectivity index (χ2v) is 5.33. The first-order chi connectivity index (χ1) is 7.74. The zero-order valence-electron chi connectivity index (χ0n) is 9.09. The summed E-state index contributed by atoms with van der Waals surface area (Å²) >= 11 is 6.85. The van der Waals surface area contributed by atoms with Crippen LogP contribution in [-0.2, 0) is 0 Å². The molecule has 0 heterocycles. The van der Waals surface area contributed by atoms with Crippen LogP contribution in [0.5, 0.6) is 5.75 Å². The predicted octanol–water partition coefficient (Wildman–Crippen LogP) is 4.14. The fraction of sp³-hybridized carbons (Fsp3) is 0.500. The molecule has 0 saturated heterocycles. The Morgan fingerprint density at radius 3 is 2.50 bits per heavy atom.